The van der Waals surface area contributed by atoms with Crippen molar-refractivity contribution in [3.63, 3.8) is 0 Å². The van der Waals surface area contributed by atoms with E-state index in [0.29, 0.717) is 23.2 Å². The van der Waals surface area contributed by atoms with Gasteiger partial charge in [-0.1, -0.05) is 6.92 Å². The number of amides is 1. The van der Waals surface area contributed by atoms with Crippen molar-refractivity contribution in [1.29, 1.82) is 0 Å². The summed E-state index contributed by atoms with van der Waals surface area (Å²) in [7, 11) is 0. The molecule has 1 saturated carbocycles. The van der Waals surface area contributed by atoms with E-state index < -0.39 is 5.91 Å². The molecule has 1 aromatic rings. The summed E-state index contributed by atoms with van der Waals surface area (Å²) >= 11 is 0. The van der Waals surface area contributed by atoms with Gasteiger partial charge in [-0.05, 0) is 30.5 Å². The maximum Gasteiger partial charge on any atom is 0.250 e. The van der Waals surface area contributed by atoms with E-state index >= 15 is 0 Å². The highest BCUT2D eigenvalue weighted by molar-refractivity contribution is 5.99. The molecule has 4 nitrogen and oxygen atoms in total. The summed E-state index contributed by atoms with van der Waals surface area (Å²) in [6.07, 6.45) is 1.14. The van der Waals surface area contributed by atoms with Gasteiger partial charge in [-0.25, -0.2) is 0 Å². The molecule has 1 aliphatic rings. The second-order valence-electron chi connectivity index (χ2n) is 4.13. The van der Waals surface area contributed by atoms with Crippen LogP contribution in [0, 0.1) is 5.92 Å². The molecular formula is C11H15N3O. The number of nitrogens with two attached hydrogens (primary N) is 2. The molecule has 2 rings (SSSR count). The Hall–Kier alpha value is -1.71. The van der Waals surface area contributed by atoms with Gasteiger partial charge in [0, 0.05) is 17.4 Å². The Kier molecular flexibility index (Phi) is 2.26. The molecule has 0 aromatic heterocycles. The lowest BCUT2D eigenvalue weighted by Gasteiger charge is -2.10. The fourth-order valence-corrected chi connectivity index (χ4v) is 1.61. The molecule has 80 valence electrons. The molecule has 0 aliphatic heterocycles. The van der Waals surface area contributed by atoms with Gasteiger partial charge in [0.05, 0.1) is 5.56 Å². The van der Waals surface area contributed by atoms with E-state index in [-0.39, 0.29) is 0 Å². The third kappa shape index (κ3) is 2.03. The van der Waals surface area contributed by atoms with Crippen molar-refractivity contribution < 1.29 is 4.79 Å². The average molecular weight is 205 g/mol. The Morgan fingerprint density at radius 3 is 2.73 bits per heavy atom. The van der Waals surface area contributed by atoms with Gasteiger partial charge in [-0.3, -0.25) is 4.79 Å². The van der Waals surface area contributed by atoms with E-state index in [0.717, 1.165) is 12.1 Å². The minimum absolute atomic E-state index is 0.446. The van der Waals surface area contributed by atoms with E-state index in [9.17, 15) is 4.79 Å². The highest BCUT2D eigenvalue weighted by atomic mass is 16.1. The van der Waals surface area contributed by atoms with Crippen LogP contribution in [0.4, 0.5) is 11.4 Å². The fraction of sp³-hybridized carbons (Fsp3) is 0.364. The first kappa shape index (κ1) is 9.83. The number of nitrogens with one attached hydrogen (secondary N) is 1. The highest BCUT2D eigenvalue weighted by Crippen LogP contribution is 2.33. The van der Waals surface area contributed by atoms with Crippen molar-refractivity contribution in [2.75, 3.05) is 11.1 Å². The molecule has 2 unspecified atom stereocenters. The number of primary amides is 1. The molecule has 4 heteroatoms. The van der Waals surface area contributed by atoms with Gasteiger partial charge in [0.1, 0.15) is 0 Å². The van der Waals surface area contributed by atoms with E-state index in [2.05, 4.69) is 12.2 Å². The Bertz CT molecular complexity index is 403. The Balaban J connectivity index is 2.25. The second-order valence-corrected chi connectivity index (χ2v) is 4.13. The SMILES string of the molecule is CC1CC1Nc1ccc(N)cc1C(N)=O. The first-order valence-electron chi connectivity index (χ1n) is 5.04. The van der Waals surface area contributed by atoms with E-state index in [1.54, 1.807) is 18.2 Å². The van der Waals surface area contributed by atoms with Crippen LogP contribution in [-0.2, 0) is 0 Å². The summed E-state index contributed by atoms with van der Waals surface area (Å²) in [5.41, 5.74) is 12.7. The van der Waals surface area contributed by atoms with E-state index in [1.165, 1.54) is 0 Å². The minimum Gasteiger partial charge on any atom is -0.399 e. The molecule has 0 heterocycles. The molecule has 1 aromatic carbocycles. The lowest BCUT2D eigenvalue weighted by Crippen LogP contribution is -2.16. The van der Waals surface area contributed by atoms with Crippen LogP contribution in [0.3, 0.4) is 0 Å². The maximum absolute atomic E-state index is 11.2. The number of hydrogen-bond donors (Lipinski definition) is 3. The lowest BCUT2D eigenvalue weighted by atomic mass is 10.1. The molecule has 1 amide bonds. The van der Waals surface area contributed by atoms with Crippen molar-refractivity contribution in [2.45, 2.75) is 19.4 Å². The van der Waals surface area contributed by atoms with Crippen molar-refractivity contribution in [1.82, 2.24) is 0 Å². The van der Waals surface area contributed by atoms with Gasteiger partial charge in [0.15, 0.2) is 0 Å². The predicted octanol–water partition coefficient (Wildman–Crippen LogP) is 1.19. The summed E-state index contributed by atoms with van der Waals surface area (Å²) in [6.45, 7) is 2.17. The fourth-order valence-electron chi connectivity index (χ4n) is 1.61. The van der Waals surface area contributed by atoms with Crippen LogP contribution in [0.1, 0.15) is 23.7 Å². The second kappa shape index (κ2) is 3.46. The zero-order chi connectivity index (χ0) is 11.0. The van der Waals surface area contributed by atoms with Crippen molar-refractivity contribution >= 4 is 17.3 Å². The van der Waals surface area contributed by atoms with Crippen LogP contribution >= 0.6 is 0 Å². The lowest BCUT2D eigenvalue weighted by molar-refractivity contribution is 0.100. The number of rotatable bonds is 3. The quantitative estimate of drug-likeness (QED) is 0.648. The Morgan fingerprint density at radius 1 is 1.53 bits per heavy atom. The van der Waals surface area contributed by atoms with Crippen LogP contribution in [-0.4, -0.2) is 11.9 Å². The summed E-state index contributed by atoms with van der Waals surface area (Å²) in [5, 5.41) is 3.29. The molecule has 0 radical (unpaired) electrons. The zero-order valence-electron chi connectivity index (χ0n) is 8.66. The van der Waals surface area contributed by atoms with Crippen LogP contribution in [0.25, 0.3) is 0 Å². The van der Waals surface area contributed by atoms with Gasteiger partial charge in [0.25, 0.3) is 5.91 Å². The third-order valence-electron chi connectivity index (χ3n) is 2.76. The molecule has 15 heavy (non-hydrogen) atoms. The topological polar surface area (TPSA) is 81.1 Å². The number of hydrogen-bond acceptors (Lipinski definition) is 3. The largest absolute Gasteiger partial charge is 0.399 e. The van der Waals surface area contributed by atoms with Gasteiger partial charge in [0.2, 0.25) is 0 Å². The summed E-state index contributed by atoms with van der Waals surface area (Å²) < 4.78 is 0. The number of carbonyl (C=O) groups excluding carboxylic acids is 1. The predicted molar refractivity (Wildman–Crippen MR) is 60.6 cm³/mol. The number of benzene rings is 1. The van der Waals surface area contributed by atoms with Gasteiger partial charge < -0.3 is 16.8 Å². The standard InChI is InChI=1S/C11H15N3O/c1-6-4-10(6)14-9-3-2-7(12)5-8(9)11(13)15/h2-3,5-6,10,14H,4,12H2,1H3,(H2,13,15). The number of anilines is 2. The molecule has 0 spiro atoms. The van der Waals surface area contributed by atoms with Gasteiger partial charge >= 0.3 is 0 Å². The van der Waals surface area contributed by atoms with Gasteiger partial charge in [-0.2, -0.15) is 0 Å². The first-order valence-corrected chi connectivity index (χ1v) is 5.04. The van der Waals surface area contributed by atoms with E-state index in [4.69, 9.17) is 11.5 Å². The minimum atomic E-state index is -0.446. The molecule has 5 N–H and O–H groups in total. The summed E-state index contributed by atoms with van der Waals surface area (Å²) in [5.74, 6) is 0.224. The van der Waals surface area contributed by atoms with Crippen molar-refractivity contribution in [2.24, 2.45) is 11.7 Å². The first-order chi connectivity index (χ1) is 7.08. The molecule has 0 bridgehead atoms. The van der Waals surface area contributed by atoms with Crippen LogP contribution in [0.5, 0.6) is 0 Å². The zero-order valence-corrected chi connectivity index (χ0v) is 8.66. The van der Waals surface area contributed by atoms with Crippen molar-refractivity contribution in [3.05, 3.63) is 23.8 Å². The molecule has 0 saturated heterocycles. The molecule has 1 fully saturated rings. The highest BCUT2D eigenvalue weighted by Gasteiger charge is 2.32. The van der Waals surface area contributed by atoms with Crippen LogP contribution in [0.15, 0.2) is 18.2 Å². The molecule has 2 atom stereocenters. The van der Waals surface area contributed by atoms with Crippen molar-refractivity contribution in [3.8, 4) is 0 Å². The third-order valence-corrected chi connectivity index (χ3v) is 2.76. The Morgan fingerprint density at radius 2 is 2.20 bits per heavy atom. The Labute approximate surface area is 88.6 Å². The van der Waals surface area contributed by atoms with E-state index in [1.807, 2.05) is 0 Å². The van der Waals surface area contributed by atoms with Gasteiger partial charge in [-0.15, -0.1) is 0 Å². The maximum atomic E-state index is 11.2. The summed E-state index contributed by atoms with van der Waals surface area (Å²) in [6, 6.07) is 5.65. The summed E-state index contributed by atoms with van der Waals surface area (Å²) in [4.78, 5) is 11.2. The van der Waals surface area contributed by atoms with Crippen LogP contribution < -0.4 is 16.8 Å². The molecular weight excluding hydrogens is 190 g/mol. The molecule has 1 aliphatic carbocycles. The normalized spacial score (nSPS) is 23.5. The average Bonchev–Trinajstić information content (AvgIpc) is 2.85. The monoisotopic (exact) mass is 205 g/mol. The number of nitrogen functional groups attached to an aromatic ring is 1. The van der Waals surface area contributed by atoms with Crippen LogP contribution in [0.2, 0.25) is 0 Å². The number of carbonyl (C=O) groups is 1. The smallest absolute Gasteiger partial charge is 0.250 e.